The van der Waals surface area contributed by atoms with Crippen LogP contribution in [0, 0.1) is 5.92 Å². The molecule has 9 atom stereocenters. The Bertz CT molecular complexity index is 965. The Balaban J connectivity index is 1.46. The van der Waals surface area contributed by atoms with Gasteiger partial charge < -0.3 is 29.2 Å². The second-order valence-electron chi connectivity index (χ2n) is 11.8. The number of hydrogen-bond donors (Lipinski definition) is 2. The van der Waals surface area contributed by atoms with Crippen LogP contribution >= 0.6 is 0 Å². The van der Waals surface area contributed by atoms with Crippen molar-refractivity contribution in [3.63, 3.8) is 0 Å². The lowest BCUT2D eigenvalue weighted by Gasteiger charge is -2.37. The number of epoxide rings is 1. The molecule has 4 aliphatic heterocycles. The average Bonchev–Trinajstić information content (AvgIpc) is 3.60. The van der Waals surface area contributed by atoms with Gasteiger partial charge >= 0.3 is 5.97 Å². The summed E-state index contributed by atoms with van der Waals surface area (Å²) < 4.78 is 23.6. The topological polar surface area (TPSA) is 97.8 Å². The molecular formula is C31H44O7. The fraction of sp³-hybridized carbons (Fsp3) is 0.645. The minimum atomic E-state index is -1.03. The van der Waals surface area contributed by atoms with E-state index in [4.69, 9.17) is 18.9 Å². The molecule has 38 heavy (non-hydrogen) atoms. The van der Waals surface area contributed by atoms with Crippen molar-refractivity contribution in [2.24, 2.45) is 5.92 Å². The molecule has 9 unspecified atom stereocenters. The zero-order chi connectivity index (χ0) is 27.3. The van der Waals surface area contributed by atoms with E-state index in [9.17, 15) is 15.0 Å². The zero-order valence-electron chi connectivity index (χ0n) is 23.0. The monoisotopic (exact) mass is 528 g/mol. The van der Waals surface area contributed by atoms with Crippen molar-refractivity contribution in [2.45, 2.75) is 114 Å². The Morgan fingerprint density at radius 3 is 2.84 bits per heavy atom. The second-order valence-corrected chi connectivity index (χ2v) is 11.8. The van der Waals surface area contributed by atoms with Crippen molar-refractivity contribution < 1.29 is 34.0 Å². The average molecular weight is 529 g/mol. The van der Waals surface area contributed by atoms with Crippen molar-refractivity contribution in [2.75, 3.05) is 6.61 Å². The molecule has 0 amide bonds. The summed E-state index contributed by atoms with van der Waals surface area (Å²) in [5.74, 6) is -0.176. The van der Waals surface area contributed by atoms with E-state index in [2.05, 4.69) is 33.4 Å². The molecule has 0 aliphatic carbocycles. The molecule has 7 heteroatoms. The summed E-state index contributed by atoms with van der Waals surface area (Å²) >= 11 is 0. The Hall–Kier alpha value is -2.03. The van der Waals surface area contributed by atoms with Crippen LogP contribution in [0.2, 0.25) is 0 Å². The lowest BCUT2D eigenvalue weighted by molar-refractivity contribution is -0.148. The first-order chi connectivity index (χ1) is 18.1. The van der Waals surface area contributed by atoms with E-state index < -0.39 is 24.3 Å². The number of hydrogen-bond acceptors (Lipinski definition) is 7. The zero-order valence-corrected chi connectivity index (χ0v) is 23.0. The van der Waals surface area contributed by atoms with Crippen LogP contribution < -0.4 is 0 Å². The molecule has 0 aromatic rings. The van der Waals surface area contributed by atoms with Gasteiger partial charge in [0.15, 0.2) is 0 Å². The van der Waals surface area contributed by atoms with Gasteiger partial charge in [-0.25, -0.2) is 4.79 Å². The van der Waals surface area contributed by atoms with Crippen molar-refractivity contribution >= 4 is 5.97 Å². The van der Waals surface area contributed by atoms with E-state index in [1.807, 2.05) is 18.2 Å². The fourth-order valence-electron chi connectivity index (χ4n) is 5.89. The van der Waals surface area contributed by atoms with Gasteiger partial charge in [-0.05, 0) is 58.3 Å². The molecule has 1 fully saturated rings. The van der Waals surface area contributed by atoms with Gasteiger partial charge in [0.05, 0.1) is 36.6 Å². The number of ether oxygens (including phenoxy) is 4. The van der Waals surface area contributed by atoms with Gasteiger partial charge in [0, 0.05) is 12.5 Å². The number of rotatable bonds is 3. The molecule has 0 spiro atoms. The highest BCUT2D eigenvalue weighted by Crippen LogP contribution is 2.36. The number of aliphatic hydroxyl groups excluding tert-OH is 2. The molecule has 7 nitrogen and oxygen atoms in total. The van der Waals surface area contributed by atoms with Crippen molar-refractivity contribution in [3.05, 3.63) is 60.3 Å². The molecule has 2 bridgehead atoms. The molecule has 210 valence electrons. The van der Waals surface area contributed by atoms with Crippen molar-refractivity contribution in [1.29, 1.82) is 0 Å². The highest BCUT2D eigenvalue weighted by molar-refractivity contribution is 5.82. The molecule has 4 aliphatic rings. The van der Waals surface area contributed by atoms with Gasteiger partial charge in [0.2, 0.25) is 0 Å². The molecular weight excluding hydrogens is 484 g/mol. The maximum atomic E-state index is 12.7. The van der Waals surface area contributed by atoms with Crippen LogP contribution in [0.25, 0.3) is 0 Å². The smallest absolute Gasteiger partial charge is 0.330 e. The highest BCUT2D eigenvalue weighted by atomic mass is 16.6. The van der Waals surface area contributed by atoms with Crippen LogP contribution in [0.15, 0.2) is 60.3 Å². The first-order valence-corrected chi connectivity index (χ1v) is 14.0. The molecule has 2 N–H and O–H groups in total. The first-order valence-electron chi connectivity index (χ1n) is 14.0. The molecule has 4 rings (SSSR count). The molecule has 0 aromatic carbocycles. The number of aliphatic hydroxyl groups is 2. The maximum absolute atomic E-state index is 12.7. The molecule has 4 heterocycles. The number of fused-ring (bicyclic) bond motifs is 3. The van der Waals surface area contributed by atoms with Crippen LogP contribution in [-0.2, 0) is 23.7 Å². The second kappa shape index (κ2) is 12.9. The first kappa shape index (κ1) is 29.0. The predicted molar refractivity (Wildman–Crippen MR) is 145 cm³/mol. The Kier molecular flexibility index (Phi) is 9.82. The number of carbonyl (C=O) groups is 1. The normalized spacial score (nSPS) is 40.0. The van der Waals surface area contributed by atoms with E-state index in [1.54, 1.807) is 12.2 Å². The van der Waals surface area contributed by atoms with Gasteiger partial charge in [-0.1, -0.05) is 61.1 Å². The summed E-state index contributed by atoms with van der Waals surface area (Å²) in [5, 5.41) is 21.7. The van der Waals surface area contributed by atoms with Gasteiger partial charge in [0.1, 0.15) is 18.3 Å². The molecule has 0 radical (unpaired) electrons. The third-order valence-corrected chi connectivity index (χ3v) is 7.78. The lowest BCUT2D eigenvalue weighted by atomic mass is 9.84. The largest absolute Gasteiger partial charge is 0.456 e. The predicted octanol–water partition coefficient (Wildman–Crippen LogP) is 4.50. The molecule has 0 aromatic heterocycles. The van der Waals surface area contributed by atoms with E-state index in [-0.39, 0.29) is 36.4 Å². The summed E-state index contributed by atoms with van der Waals surface area (Å²) in [6.45, 7) is 11.1. The Morgan fingerprint density at radius 1 is 1.24 bits per heavy atom. The van der Waals surface area contributed by atoms with Crippen LogP contribution in [0.1, 0.15) is 65.7 Å². The standard InChI is InChI=1S/C31H44O7/c1-20-12-14-35-24(16-20)10-11-25(32)27-18-28-30(37-28)26(33)17-21(2)15-22(3)19-31(4)13-6-8-23(38-31)7-5-9-29(34)36-27/h5-6,8-12,22-28,30,32-33H,2,7,13-19H2,1,3-4H3. The quantitative estimate of drug-likeness (QED) is 0.316. The van der Waals surface area contributed by atoms with Gasteiger partial charge in [-0.3, -0.25) is 0 Å². The SMILES string of the molecule is C=C1CC(C)CC2(C)CC=CC(CC=CC(=O)OC(C(O)C=CC3CC(C)=CCO3)CC3OC3C(O)C1)O2. The van der Waals surface area contributed by atoms with Gasteiger partial charge in [-0.2, -0.15) is 0 Å². The minimum absolute atomic E-state index is 0.119. The third kappa shape index (κ3) is 8.48. The Morgan fingerprint density at radius 2 is 2.05 bits per heavy atom. The highest BCUT2D eigenvalue weighted by Gasteiger charge is 2.46. The van der Waals surface area contributed by atoms with Crippen molar-refractivity contribution in [3.8, 4) is 0 Å². The van der Waals surface area contributed by atoms with E-state index in [0.717, 1.165) is 31.3 Å². The summed E-state index contributed by atoms with van der Waals surface area (Å²) in [6, 6.07) is 0. The van der Waals surface area contributed by atoms with Crippen LogP contribution in [0.4, 0.5) is 0 Å². The number of cyclic esters (lactones) is 1. The maximum Gasteiger partial charge on any atom is 0.330 e. The van der Waals surface area contributed by atoms with Crippen LogP contribution in [0.5, 0.6) is 0 Å². The summed E-state index contributed by atoms with van der Waals surface area (Å²) in [6.07, 6.45) is 14.0. The minimum Gasteiger partial charge on any atom is -0.456 e. The molecule has 1 saturated heterocycles. The van der Waals surface area contributed by atoms with E-state index >= 15 is 0 Å². The summed E-state index contributed by atoms with van der Waals surface area (Å²) in [5.41, 5.74) is 1.93. The Labute approximate surface area is 226 Å². The third-order valence-electron chi connectivity index (χ3n) is 7.78. The number of carbonyl (C=O) groups excluding carboxylic acids is 1. The van der Waals surface area contributed by atoms with Crippen LogP contribution in [0.3, 0.4) is 0 Å². The van der Waals surface area contributed by atoms with Gasteiger partial charge in [0.25, 0.3) is 0 Å². The van der Waals surface area contributed by atoms with E-state index in [1.165, 1.54) is 11.6 Å². The number of esters is 1. The summed E-state index contributed by atoms with van der Waals surface area (Å²) in [4.78, 5) is 12.7. The van der Waals surface area contributed by atoms with Crippen molar-refractivity contribution in [1.82, 2.24) is 0 Å². The van der Waals surface area contributed by atoms with Crippen LogP contribution in [-0.4, -0.2) is 71.1 Å². The van der Waals surface area contributed by atoms with E-state index in [0.29, 0.717) is 25.4 Å². The summed E-state index contributed by atoms with van der Waals surface area (Å²) in [7, 11) is 0. The lowest BCUT2D eigenvalue weighted by Crippen LogP contribution is -2.37. The molecule has 0 saturated carbocycles. The van der Waals surface area contributed by atoms with Gasteiger partial charge in [-0.15, -0.1) is 0 Å². The fourth-order valence-corrected chi connectivity index (χ4v) is 5.89.